The van der Waals surface area contributed by atoms with Gasteiger partial charge in [0.15, 0.2) is 0 Å². The highest BCUT2D eigenvalue weighted by atomic mass is 15.1. The Morgan fingerprint density at radius 3 is 2.69 bits per heavy atom. The summed E-state index contributed by atoms with van der Waals surface area (Å²) in [7, 11) is 0. The lowest BCUT2D eigenvalue weighted by Gasteiger charge is -2.30. The maximum atomic E-state index is 3.88. The first-order valence-electron chi connectivity index (χ1n) is 6.22. The molecule has 0 aliphatic carbocycles. The molecule has 1 saturated heterocycles. The molecule has 86 valence electrons. The molecular formula is C15H21N. The van der Waals surface area contributed by atoms with Crippen molar-refractivity contribution < 1.29 is 0 Å². The lowest BCUT2D eigenvalue weighted by atomic mass is 9.98. The van der Waals surface area contributed by atoms with Gasteiger partial charge >= 0.3 is 0 Å². The van der Waals surface area contributed by atoms with Gasteiger partial charge in [-0.05, 0) is 43.0 Å². The fourth-order valence-electron chi connectivity index (χ4n) is 2.34. The molecule has 0 aromatic heterocycles. The van der Waals surface area contributed by atoms with Gasteiger partial charge in [0.05, 0.1) is 0 Å². The molecule has 1 aromatic rings. The second kappa shape index (κ2) is 5.31. The standard InChI is InChI=1S/C15H21N/c1-3-14-6-4-5-7-15(14)12-16-10-8-13(2)9-11-16/h3-7,13H,1,8-12H2,2H3. The molecule has 1 aliphatic heterocycles. The summed E-state index contributed by atoms with van der Waals surface area (Å²) in [5, 5.41) is 0. The third-order valence-corrected chi connectivity index (χ3v) is 3.55. The summed E-state index contributed by atoms with van der Waals surface area (Å²) in [5.41, 5.74) is 2.69. The second-order valence-corrected chi connectivity index (χ2v) is 4.86. The molecule has 1 fully saturated rings. The molecule has 1 aliphatic rings. The Hall–Kier alpha value is -1.08. The van der Waals surface area contributed by atoms with Crippen LogP contribution < -0.4 is 0 Å². The number of hydrogen-bond donors (Lipinski definition) is 0. The van der Waals surface area contributed by atoms with Crippen LogP contribution in [0.5, 0.6) is 0 Å². The Kier molecular flexibility index (Phi) is 3.79. The number of rotatable bonds is 3. The first kappa shape index (κ1) is 11.4. The highest BCUT2D eigenvalue weighted by molar-refractivity contribution is 5.51. The van der Waals surface area contributed by atoms with Crippen LogP contribution in [0.2, 0.25) is 0 Å². The van der Waals surface area contributed by atoms with Gasteiger partial charge in [0, 0.05) is 6.54 Å². The minimum atomic E-state index is 0.908. The molecule has 1 heteroatoms. The molecule has 0 spiro atoms. The summed E-state index contributed by atoms with van der Waals surface area (Å²) < 4.78 is 0. The third-order valence-electron chi connectivity index (χ3n) is 3.55. The van der Waals surface area contributed by atoms with Gasteiger partial charge in [0.25, 0.3) is 0 Å². The summed E-state index contributed by atoms with van der Waals surface area (Å²) in [4.78, 5) is 2.56. The Morgan fingerprint density at radius 1 is 1.31 bits per heavy atom. The molecule has 0 unspecified atom stereocenters. The van der Waals surface area contributed by atoms with Crippen molar-refractivity contribution in [2.24, 2.45) is 5.92 Å². The van der Waals surface area contributed by atoms with Crippen LogP contribution in [-0.2, 0) is 6.54 Å². The first-order chi connectivity index (χ1) is 7.79. The Morgan fingerprint density at radius 2 is 2.00 bits per heavy atom. The number of benzene rings is 1. The van der Waals surface area contributed by atoms with Crippen LogP contribution in [0.1, 0.15) is 30.9 Å². The average molecular weight is 215 g/mol. The van der Waals surface area contributed by atoms with Crippen molar-refractivity contribution in [2.45, 2.75) is 26.3 Å². The van der Waals surface area contributed by atoms with E-state index in [4.69, 9.17) is 0 Å². The number of hydrogen-bond acceptors (Lipinski definition) is 1. The van der Waals surface area contributed by atoms with Crippen LogP contribution >= 0.6 is 0 Å². The van der Waals surface area contributed by atoms with Crippen molar-refractivity contribution in [3.05, 3.63) is 42.0 Å². The van der Waals surface area contributed by atoms with Crippen LogP contribution in [0.15, 0.2) is 30.8 Å². The quantitative estimate of drug-likeness (QED) is 0.745. The highest BCUT2D eigenvalue weighted by Crippen LogP contribution is 2.19. The monoisotopic (exact) mass is 215 g/mol. The maximum Gasteiger partial charge on any atom is 0.0239 e. The van der Waals surface area contributed by atoms with Gasteiger partial charge < -0.3 is 0 Å². The molecular weight excluding hydrogens is 194 g/mol. The van der Waals surface area contributed by atoms with Gasteiger partial charge in [-0.15, -0.1) is 0 Å². The number of piperidine rings is 1. The Labute approximate surface area is 98.8 Å². The predicted octanol–water partition coefficient (Wildman–Crippen LogP) is 3.56. The molecule has 1 nitrogen and oxygen atoms in total. The van der Waals surface area contributed by atoms with Gasteiger partial charge in [0.1, 0.15) is 0 Å². The van der Waals surface area contributed by atoms with E-state index >= 15 is 0 Å². The van der Waals surface area contributed by atoms with E-state index in [0.29, 0.717) is 0 Å². The van der Waals surface area contributed by atoms with Gasteiger partial charge in [0.2, 0.25) is 0 Å². The van der Waals surface area contributed by atoms with Gasteiger partial charge in [-0.1, -0.05) is 43.8 Å². The van der Waals surface area contributed by atoms with Gasteiger partial charge in [-0.25, -0.2) is 0 Å². The lowest BCUT2D eigenvalue weighted by molar-refractivity contribution is 0.185. The summed E-state index contributed by atoms with van der Waals surface area (Å²) in [6.45, 7) is 9.80. The summed E-state index contributed by atoms with van der Waals surface area (Å²) in [5.74, 6) is 0.908. The van der Waals surface area contributed by atoms with E-state index in [2.05, 4.69) is 42.7 Å². The summed E-state index contributed by atoms with van der Waals surface area (Å²) in [6, 6.07) is 8.57. The lowest BCUT2D eigenvalue weighted by Crippen LogP contribution is -2.32. The number of likely N-dealkylation sites (tertiary alicyclic amines) is 1. The van der Waals surface area contributed by atoms with Gasteiger partial charge in [-0.3, -0.25) is 4.90 Å². The zero-order chi connectivity index (χ0) is 11.4. The normalized spacial score (nSPS) is 18.6. The molecule has 0 saturated carbocycles. The van der Waals surface area contributed by atoms with Crippen LogP contribution in [0.4, 0.5) is 0 Å². The second-order valence-electron chi connectivity index (χ2n) is 4.86. The first-order valence-corrected chi connectivity index (χ1v) is 6.22. The molecule has 2 rings (SSSR count). The van der Waals surface area contributed by atoms with Crippen molar-refractivity contribution in [1.82, 2.24) is 4.90 Å². The topological polar surface area (TPSA) is 3.24 Å². The van der Waals surface area contributed by atoms with Crippen molar-refractivity contribution >= 4 is 6.08 Å². The SMILES string of the molecule is C=Cc1ccccc1CN1CCC(C)CC1. The predicted molar refractivity (Wildman–Crippen MR) is 70.2 cm³/mol. The fourth-order valence-corrected chi connectivity index (χ4v) is 2.34. The minimum Gasteiger partial charge on any atom is -0.299 e. The Balaban J connectivity index is 2.00. The van der Waals surface area contributed by atoms with E-state index in [1.165, 1.54) is 37.1 Å². The van der Waals surface area contributed by atoms with Crippen LogP contribution in [-0.4, -0.2) is 18.0 Å². The molecule has 0 N–H and O–H groups in total. The van der Waals surface area contributed by atoms with Crippen molar-refractivity contribution in [1.29, 1.82) is 0 Å². The molecule has 0 amide bonds. The molecule has 1 heterocycles. The zero-order valence-electron chi connectivity index (χ0n) is 10.2. The molecule has 0 atom stereocenters. The molecule has 16 heavy (non-hydrogen) atoms. The third kappa shape index (κ3) is 2.73. The van der Waals surface area contributed by atoms with Crippen LogP contribution in [0.25, 0.3) is 6.08 Å². The molecule has 0 bridgehead atoms. The van der Waals surface area contributed by atoms with Crippen molar-refractivity contribution in [3.63, 3.8) is 0 Å². The van der Waals surface area contributed by atoms with E-state index in [1.54, 1.807) is 0 Å². The van der Waals surface area contributed by atoms with Crippen LogP contribution in [0.3, 0.4) is 0 Å². The van der Waals surface area contributed by atoms with E-state index < -0.39 is 0 Å². The highest BCUT2D eigenvalue weighted by Gasteiger charge is 2.16. The molecule has 0 radical (unpaired) electrons. The van der Waals surface area contributed by atoms with E-state index in [9.17, 15) is 0 Å². The van der Waals surface area contributed by atoms with Crippen molar-refractivity contribution in [3.8, 4) is 0 Å². The Bertz CT molecular complexity index is 348. The van der Waals surface area contributed by atoms with E-state index in [1.807, 2.05) is 6.08 Å². The maximum absolute atomic E-state index is 3.88. The van der Waals surface area contributed by atoms with Crippen LogP contribution in [0, 0.1) is 5.92 Å². The minimum absolute atomic E-state index is 0.908. The average Bonchev–Trinajstić information content (AvgIpc) is 2.33. The zero-order valence-corrected chi connectivity index (χ0v) is 10.2. The van der Waals surface area contributed by atoms with Gasteiger partial charge in [-0.2, -0.15) is 0 Å². The molecule has 1 aromatic carbocycles. The summed E-state index contributed by atoms with van der Waals surface area (Å²) >= 11 is 0. The van der Waals surface area contributed by atoms with E-state index in [0.717, 1.165) is 12.5 Å². The fraction of sp³-hybridized carbons (Fsp3) is 0.467. The number of nitrogens with zero attached hydrogens (tertiary/aromatic N) is 1. The van der Waals surface area contributed by atoms with E-state index in [-0.39, 0.29) is 0 Å². The summed E-state index contributed by atoms with van der Waals surface area (Å²) in [6.07, 6.45) is 4.65. The largest absolute Gasteiger partial charge is 0.299 e. The smallest absolute Gasteiger partial charge is 0.0239 e. The van der Waals surface area contributed by atoms with Crippen molar-refractivity contribution in [2.75, 3.05) is 13.1 Å².